The number of tetrazole rings is 1. The molecular weight excluding hydrogens is 300 g/mol. The molecule has 3 aromatic heterocycles. The molecule has 0 saturated heterocycles. The van der Waals surface area contributed by atoms with Crippen molar-refractivity contribution in [3.05, 3.63) is 36.7 Å². The molecule has 1 unspecified atom stereocenters. The molecule has 118 valence electrons. The summed E-state index contributed by atoms with van der Waals surface area (Å²) in [5.74, 6) is 0.640. The zero-order valence-electron chi connectivity index (χ0n) is 12.3. The lowest BCUT2D eigenvalue weighted by molar-refractivity contribution is -0.122. The second kappa shape index (κ2) is 6.73. The summed E-state index contributed by atoms with van der Waals surface area (Å²) in [5.41, 5.74) is 0.798. The van der Waals surface area contributed by atoms with Crippen molar-refractivity contribution in [2.45, 2.75) is 25.9 Å². The van der Waals surface area contributed by atoms with Gasteiger partial charge in [0.05, 0.1) is 6.54 Å². The number of carbonyl (C=O) groups excluding carboxylic acids is 1. The van der Waals surface area contributed by atoms with Gasteiger partial charge in [0.15, 0.2) is 0 Å². The Bertz CT molecular complexity index is 755. The van der Waals surface area contributed by atoms with Gasteiger partial charge < -0.3 is 9.84 Å². The fraction of sp³-hybridized carbons (Fsp3) is 0.308. The van der Waals surface area contributed by atoms with Gasteiger partial charge in [-0.15, -0.1) is 5.10 Å². The second-order valence-corrected chi connectivity index (χ2v) is 4.80. The van der Waals surface area contributed by atoms with Crippen LogP contribution in [0.2, 0.25) is 0 Å². The first-order chi connectivity index (χ1) is 11.2. The number of aromatic nitrogens is 7. The van der Waals surface area contributed by atoms with E-state index in [0.29, 0.717) is 18.3 Å². The molecule has 3 rings (SSSR count). The number of aryl methyl sites for hydroxylation is 1. The Hall–Kier alpha value is -3.17. The standard InChI is InChI=1S/C13H14N8O2/c1-9(16-11(22)4-7-21-8-15-19-20-21)13-17-12(18-23-13)10-2-5-14-6-3-10/h2-3,5-6,8-9H,4,7H2,1H3,(H,16,22). The molecular formula is C13H14N8O2. The maximum atomic E-state index is 11.9. The van der Waals surface area contributed by atoms with Crippen molar-refractivity contribution in [3.63, 3.8) is 0 Å². The SMILES string of the molecule is CC(NC(=O)CCn1cnnn1)c1nc(-c2ccncc2)no1. The Morgan fingerprint density at radius 2 is 2.22 bits per heavy atom. The number of carbonyl (C=O) groups is 1. The predicted octanol–water partition coefficient (Wildman–Crippen LogP) is 0.386. The van der Waals surface area contributed by atoms with E-state index >= 15 is 0 Å². The van der Waals surface area contributed by atoms with E-state index < -0.39 is 0 Å². The summed E-state index contributed by atoms with van der Waals surface area (Å²) >= 11 is 0. The van der Waals surface area contributed by atoms with Crippen LogP contribution < -0.4 is 5.32 Å². The van der Waals surface area contributed by atoms with Gasteiger partial charge in [0.25, 0.3) is 0 Å². The first-order valence-electron chi connectivity index (χ1n) is 6.96. The average molecular weight is 314 g/mol. The van der Waals surface area contributed by atoms with Crippen LogP contribution in [0.4, 0.5) is 0 Å². The normalized spacial score (nSPS) is 12.0. The summed E-state index contributed by atoms with van der Waals surface area (Å²) in [6, 6.07) is 3.17. The van der Waals surface area contributed by atoms with E-state index in [2.05, 4.69) is 36.0 Å². The average Bonchev–Trinajstić information content (AvgIpc) is 3.25. The maximum absolute atomic E-state index is 11.9. The van der Waals surface area contributed by atoms with Crippen LogP contribution in [0.15, 0.2) is 35.4 Å². The lowest BCUT2D eigenvalue weighted by atomic mass is 10.2. The van der Waals surface area contributed by atoms with E-state index in [1.807, 2.05) is 0 Å². The monoisotopic (exact) mass is 314 g/mol. The lowest BCUT2D eigenvalue weighted by Gasteiger charge is -2.09. The van der Waals surface area contributed by atoms with Crippen LogP contribution >= 0.6 is 0 Å². The zero-order chi connectivity index (χ0) is 16.1. The molecule has 0 aliphatic heterocycles. The molecule has 3 aromatic rings. The fourth-order valence-corrected chi connectivity index (χ4v) is 1.90. The molecule has 10 nitrogen and oxygen atoms in total. The predicted molar refractivity (Wildman–Crippen MR) is 76.5 cm³/mol. The van der Waals surface area contributed by atoms with E-state index in [9.17, 15) is 4.79 Å². The summed E-state index contributed by atoms with van der Waals surface area (Å²) in [7, 11) is 0. The topological polar surface area (TPSA) is 125 Å². The van der Waals surface area contributed by atoms with E-state index in [4.69, 9.17) is 4.52 Å². The molecule has 0 bridgehead atoms. The Balaban J connectivity index is 1.57. The van der Waals surface area contributed by atoms with Gasteiger partial charge in [-0.2, -0.15) is 4.98 Å². The summed E-state index contributed by atoms with van der Waals surface area (Å²) in [5, 5.41) is 17.4. The summed E-state index contributed by atoms with van der Waals surface area (Å²) in [4.78, 5) is 20.1. The molecule has 1 amide bonds. The van der Waals surface area contributed by atoms with Crippen LogP contribution in [0.25, 0.3) is 11.4 Å². The second-order valence-electron chi connectivity index (χ2n) is 4.80. The third kappa shape index (κ3) is 3.73. The molecule has 0 spiro atoms. The molecule has 0 saturated carbocycles. The first-order valence-corrected chi connectivity index (χ1v) is 6.96. The minimum absolute atomic E-state index is 0.156. The van der Waals surface area contributed by atoms with Crippen molar-refractivity contribution in [1.29, 1.82) is 0 Å². The smallest absolute Gasteiger partial charge is 0.249 e. The molecule has 0 fully saturated rings. The van der Waals surface area contributed by atoms with Crippen molar-refractivity contribution in [2.75, 3.05) is 0 Å². The molecule has 1 N–H and O–H groups in total. The van der Waals surface area contributed by atoms with Gasteiger partial charge in [0.2, 0.25) is 17.6 Å². The quantitative estimate of drug-likeness (QED) is 0.692. The first kappa shape index (κ1) is 14.8. The van der Waals surface area contributed by atoms with Crippen LogP contribution in [0.3, 0.4) is 0 Å². The highest BCUT2D eigenvalue weighted by atomic mass is 16.5. The summed E-state index contributed by atoms with van der Waals surface area (Å²) < 4.78 is 6.68. The van der Waals surface area contributed by atoms with E-state index in [1.54, 1.807) is 31.5 Å². The Kier molecular flexibility index (Phi) is 4.32. The van der Waals surface area contributed by atoms with Crippen molar-refractivity contribution >= 4 is 5.91 Å². The number of pyridine rings is 1. The minimum atomic E-state index is -0.389. The highest BCUT2D eigenvalue weighted by molar-refractivity contribution is 5.76. The summed E-state index contributed by atoms with van der Waals surface area (Å²) in [6.07, 6.45) is 5.00. The van der Waals surface area contributed by atoms with Gasteiger partial charge in [-0.1, -0.05) is 5.16 Å². The molecule has 10 heteroatoms. The van der Waals surface area contributed by atoms with Gasteiger partial charge in [-0.25, -0.2) is 4.68 Å². The highest BCUT2D eigenvalue weighted by Crippen LogP contribution is 2.17. The van der Waals surface area contributed by atoms with Crippen molar-refractivity contribution in [3.8, 4) is 11.4 Å². The van der Waals surface area contributed by atoms with Gasteiger partial charge in [-0.05, 0) is 29.5 Å². The molecule has 23 heavy (non-hydrogen) atoms. The van der Waals surface area contributed by atoms with Crippen molar-refractivity contribution < 1.29 is 9.32 Å². The largest absolute Gasteiger partial charge is 0.345 e. The van der Waals surface area contributed by atoms with Crippen LogP contribution in [0, 0.1) is 0 Å². The molecule has 0 aromatic carbocycles. The maximum Gasteiger partial charge on any atom is 0.249 e. The van der Waals surface area contributed by atoms with E-state index in [0.717, 1.165) is 5.56 Å². The number of amides is 1. The molecule has 1 atom stereocenters. The number of hydrogen-bond acceptors (Lipinski definition) is 8. The van der Waals surface area contributed by atoms with Gasteiger partial charge in [0.1, 0.15) is 12.4 Å². The zero-order valence-corrected chi connectivity index (χ0v) is 12.3. The van der Waals surface area contributed by atoms with Crippen LogP contribution in [-0.2, 0) is 11.3 Å². The number of nitrogens with zero attached hydrogens (tertiary/aromatic N) is 7. The molecule has 0 aliphatic rings. The van der Waals surface area contributed by atoms with Gasteiger partial charge >= 0.3 is 0 Å². The Morgan fingerprint density at radius 1 is 1.39 bits per heavy atom. The van der Waals surface area contributed by atoms with E-state index in [-0.39, 0.29) is 18.4 Å². The van der Waals surface area contributed by atoms with E-state index in [1.165, 1.54) is 11.0 Å². The molecule has 0 aliphatic carbocycles. The number of hydrogen-bond donors (Lipinski definition) is 1. The number of rotatable bonds is 6. The Labute approximate surface area is 130 Å². The summed E-state index contributed by atoms with van der Waals surface area (Å²) in [6.45, 7) is 2.18. The van der Waals surface area contributed by atoms with Gasteiger partial charge in [-0.3, -0.25) is 9.78 Å². The third-order valence-electron chi connectivity index (χ3n) is 3.09. The van der Waals surface area contributed by atoms with Gasteiger partial charge in [0, 0.05) is 24.4 Å². The molecule has 0 radical (unpaired) electrons. The minimum Gasteiger partial charge on any atom is -0.345 e. The van der Waals surface area contributed by atoms with Crippen molar-refractivity contribution in [1.82, 2.24) is 40.6 Å². The lowest BCUT2D eigenvalue weighted by Crippen LogP contribution is -2.27. The Morgan fingerprint density at radius 3 is 2.96 bits per heavy atom. The highest BCUT2D eigenvalue weighted by Gasteiger charge is 2.17. The van der Waals surface area contributed by atoms with Crippen LogP contribution in [0.1, 0.15) is 25.3 Å². The molecule has 3 heterocycles. The van der Waals surface area contributed by atoms with Crippen LogP contribution in [0.5, 0.6) is 0 Å². The number of nitrogens with one attached hydrogen (secondary N) is 1. The van der Waals surface area contributed by atoms with Crippen molar-refractivity contribution in [2.24, 2.45) is 0 Å². The van der Waals surface area contributed by atoms with Crippen LogP contribution in [-0.4, -0.2) is 41.2 Å². The third-order valence-corrected chi connectivity index (χ3v) is 3.09. The fourth-order valence-electron chi connectivity index (χ4n) is 1.90.